The number of hydrogen-bond acceptors (Lipinski definition) is 23. The fourth-order valence-electron chi connectivity index (χ4n) is 11.6. The van der Waals surface area contributed by atoms with Crippen LogP contribution in [0.25, 0.3) is 10.9 Å². The lowest BCUT2D eigenvalue weighted by Crippen LogP contribution is -2.64. The first kappa shape index (κ1) is 96.3. The molecule has 1 aliphatic rings. The van der Waals surface area contributed by atoms with Gasteiger partial charge >= 0.3 is 29.8 Å². The third-order valence-electron chi connectivity index (χ3n) is 18.7. The zero-order chi connectivity index (χ0) is 86.1. The van der Waals surface area contributed by atoms with E-state index in [0.29, 0.717) is 40.1 Å². The summed E-state index contributed by atoms with van der Waals surface area (Å²) in [6, 6.07) is -15.7. The van der Waals surface area contributed by atoms with E-state index < -0.39 is 260 Å². The molecular formula is C71H106N16O27. The van der Waals surface area contributed by atoms with Crippen LogP contribution in [0.1, 0.15) is 144 Å². The number of nitrogens with one attached hydrogen (secondary N) is 13. The van der Waals surface area contributed by atoms with E-state index in [9.17, 15) is 121 Å². The zero-order valence-electron chi connectivity index (χ0n) is 64.8. The number of carboxylic acid groups (broad SMARTS) is 4. The van der Waals surface area contributed by atoms with Gasteiger partial charge in [-0.25, -0.2) is 9.59 Å². The number of nitrogens with two attached hydrogens (primary N) is 2. The quantitative estimate of drug-likeness (QED) is 0.0229. The van der Waals surface area contributed by atoms with Gasteiger partial charge in [-0.05, 0) is 63.0 Å². The molecule has 22 N–H and O–H groups in total. The second kappa shape index (κ2) is 46.8. The number of aliphatic carboxylic acids is 4. The van der Waals surface area contributed by atoms with Gasteiger partial charge in [-0.2, -0.15) is 0 Å². The van der Waals surface area contributed by atoms with Crippen molar-refractivity contribution in [3.8, 4) is 0 Å². The second-order valence-corrected chi connectivity index (χ2v) is 27.9. The number of aliphatic hydroxyl groups is 1. The maximum Gasteiger partial charge on any atom is 0.335 e. The summed E-state index contributed by atoms with van der Waals surface area (Å²) >= 11 is 0. The highest BCUT2D eigenvalue weighted by atomic mass is 16.5. The molecular weight excluding hydrogens is 1510 g/mol. The monoisotopic (exact) mass is 1610 g/mol. The molecule has 0 aliphatic carbocycles. The van der Waals surface area contributed by atoms with Gasteiger partial charge in [-0.15, -0.1) is 0 Å². The smallest absolute Gasteiger partial charge is 0.335 e. The molecule has 0 bridgehead atoms. The molecule has 1 saturated heterocycles. The van der Waals surface area contributed by atoms with Gasteiger partial charge in [0, 0.05) is 50.5 Å². The number of carbonyl (C=O) groups excluding carboxylic acids is 16. The van der Waals surface area contributed by atoms with Crippen molar-refractivity contribution in [1.82, 2.24) is 73.7 Å². The number of aromatic nitrogens is 1. The van der Waals surface area contributed by atoms with Gasteiger partial charge in [0.1, 0.15) is 72.6 Å². The Morgan fingerprint density at radius 2 is 1.21 bits per heavy atom. The number of H-pyrrole nitrogens is 1. The van der Waals surface area contributed by atoms with Crippen molar-refractivity contribution in [2.24, 2.45) is 29.2 Å². The fourth-order valence-corrected chi connectivity index (χ4v) is 11.6. The summed E-state index contributed by atoms with van der Waals surface area (Å²) in [6.45, 7) is 8.76. The predicted molar refractivity (Wildman–Crippen MR) is 395 cm³/mol. The van der Waals surface area contributed by atoms with Gasteiger partial charge in [0.2, 0.25) is 88.6 Å². The number of aromatic amines is 1. The van der Waals surface area contributed by atoms with Crippen LogP contribution in [-0.2, 0) is 112 Å². The van der Waals surface area contributed by atoms with Crippen LogP contribution < -0.4 is 75.3 Å². The van der Waals surface area contributed by atoms with Crippen LogP contribution >= 0.6 is 0 Å². The predicted octanol–water partition coefficient (Wildman–Crippen LogP) is -5.69. The van der Waals surface area contributed by atoms with Crippen molar-refractivity contribution in [2.75, 3.05) is 27.2 Å². The van der Waals surface area contributed by atoms with Gasteiger partial charge < -0.3 is 120 Å². The number of ether oxygens (including phenoxy) is 2. The summed E-state index contributed by atoms with van der Waals surface area (Å²) in [5.41, 5.74) is 12.1. The first-order valence-electron chi connectivity index (χ1n) is 36.7. The average molecular weight is 1620 g/mol. The van der Waals surface area contributed by atoms with Crippen LogP contribution in [0.3, 0.4) is 0 Å². The fraction of sp³-hybridized carbons (Fsp3) is 0.606. The van der Waals surface area contributed by atoms with Gasteiger partial charge in [0.05, 0.1) is 32.4 Å². The topological polar surface area (TPSA) is 676 Å². The number of amides is 15. The maximum atomic E-state index is 14.9. The minimum atomic E-state index is -2.80. The number of aliphatic hydroxyl groups excluding tert-OH is 1. The lowest BCUT2D eigenvalue weighted by atomic mass is 9.94. The Kier molecular flexibility index (Phi) is 39.5. The number of para-hydroxylation sites is 1. The van der Waals surface area contributed by atoms with E-state index >= 15 is 0 Å². The Morgan fingerprint density at radius 3 is 1.81 bits per heavy atom. The number of carbonyl (C=O) groups is 20. The molecule has 2 heterocycles. The van der Waals surface area contributed by atoms with E-state index in [-0.39, 0.29) is 19.3 Å². The maximum absolute atomic E-state index is 14.9. The van der Waals surface area contributed by atoms with Crippen molar-refractivity contribution in [3.63, 3.8) is 0 Å². The second-order valence-electron chi connectivity index (χ2n) is 27.9. The Labute approximate surface area is 654 Å². The van der Waals surface area contributed by atoms with Crippen molar-refractivity contribution in [1.29, 1.82) is 0 Å². The molecule has 1 aliphatic heterocycles. The van der Waals surface area contributed by atoms with Crippen LogP contribution in [-0.4, -0.2) is 266 Å². The molecule has 43 nitrogen and oxygen atoms in total. The van der Waals surface area contributed by atoms with Gasteiger partial charge in [0.25, 0.3) is 0 Å². The number of hydrogen-bond donors (Lipinski definition) is 20. The van der Waals surface area contributed by atoms with Crippen LogP contribution in [0, 0.1) is 17.8 Å². The highest BCUT2D eigenvalue weighted by molar-refractivity contribution is 6.02. The lowest BCUT2D eigenvalue weighted by Gasteiger charge is -2.33. The van der Waals surface area contributed by atoms with E-state index in [1.165, 1.54) is 13.8 Å². The summed E-state index contributed by atoms with van der Waals surface area (Å²) in [5, 5.41) is 77.6. The van der Waals surface area contributed by atoms with Crippen molar-refractivity contribution in [3.05, 3.63) is 36.0 Å². The van der Waals surface area contributed by atoms with Crippen LogP contribution in [0.5, 0.6) is 0 Å². The molecule has 17 unspecified atom stereocenters. The number of carboxylic acids is 4. The first-order chi connectivity index (χ1) is 53.4. The number of likely N-dealkylation sites (N-methyl/N-ethyl adjacent to an activating group) is 1. The van der Waals surface area contributed by atoms with Crippen LogP contribution in [0.15, 0.2) is 30.5 Å². The summed E-state index contributed by atoms with van der Waals surface area (Å²) in [6.07, 6.45) is -5.85. The summed E-state index contributed by atoms with van der Waals surface area (Å²) < 4.78 is 10.7. The van der Waals surface area contributed by atoms with E-state index in [4.69, 9.17) is 20.9 Å². The minimum absolute atomic E-state index is 0.0248. The average Bonchev–Trinajstić information content (AvgIpc) is 1.76. The molecule has 1 aromatic heterocycles. The number of rotatable bonds is 34. The van der Waals surface area contributed by atoms with Gasteiger partial charge in [-0.1, -0.05) is 91.3 Å². The Morgan fingerprint density at radius 1 is 0.614 bits per heavy atom. The molecule has 0 radical (unpaired) electrons. The van der Waals surface area contributed by atoms with E-state index in [2.05, 4.69) is 66.7 Å². The van der Waals surface area contributed by atoms with Crippen molar-refractivity contribution < 1.29 is 131 Å². The molecule has 114 heavy (non-hydrogen) atoms. The van der Waals surface area contributed by atoms with Crippen LogP contribution in [0.2, 0.25) is 0 Å². The number of esters is 1. The Bertz CT molecular complexity index is 3830. The molecule has 17 atom stereocenters. The highest BCUT2D eigenvalue weighted by Gasteiger charge is 2.44. The van der Waals surface area contributed by atoms with Gasteiger partial charge in [0.15, 0.2) is 12.2 Å². The molecule has 3 rings (SSSR count). The number of cyclic esters (lactones) is 1. The summed E-state index contributed by atoms with van der Waals surface area (Å²) in [7, 11) is 1.69. The molecule has 1 fully saturated rings. The first-order valence-corrected chi connectivity index (χ1v) is 36.7. The third-order valence-corrected chi connectivity index (χ3v) is 18.7. The van der Waals surface area contributed by atoms with E-state index in [1.54, 1.807) is 30.5 Å². The number of nitrogens with zero attached hydrogens (tertiary/aromatic N) is 1. The van der Waals surface area contributed by atoms with Crippen LogP contribution in [0.4, 0.5) is 0 Å². The lowest BCUT2D eigenvalue weighted by molar-refractivity contribution is -0.159. The summed E-state index contributed by atoms with van der Waals surface area (Å²) in [4.78, 5) is 276. The Balaban J connectivity index is 2.26. The number of unbranched alkanes of at least 4 members (excludes halogenated alkanes) is 3. The minimum Gasteiger partial charge on any atom is -0.481 e. The molecule has 632 valence electrons. The molecule has 2 aromatic rings. The highest BCUT2D eigenvalue weighted by Crippen LogP contribution is 2.22. The zero-order valence-corrected chi connectivity index (χ0v) is 64.8. The molecule has 1 aromatic carbocycles. The van der Waals surface area contributed by atoms with E-state index in [0.717, 1.165) is 67.5 Å². The van der Waals surface area contributed by atoms with Crippen molar-refractivity contribution >= 4 is 129 Å². The third kappa shape index (κ3) is 31.3. The number of fused-ring (bicyclic) bond motifs is 1. The SMILES string of the molecule is CCC(C)CCCCCCC(=O)NC(Cc1c[nH]c2ccccc12)C(=O)NC(CCC(=O)O)C(=O)NC(C(=O)NC1C(=O)N(C)CC(=O)NC(C)C(=O)NC(CC(=O)O)C(=O)NC(C)C(=O)NC(C(OC)C(=O)O)C(=O)NCC(=O)NC(CC(N)=O)C(=O)NC(C(C)CC(=O)O)C(=O)NC(C(C)CC)C(=O)OC1C)C(O)C(N)=O. The summed E-state index contributed by atoms with van der Waals surface area (Å²) in [5.74, 6) is -30.5. The van der Waals surface area contributed by atoms with Crippen molar-refractivity contribution in [2.45, 2.75) is 230 Å². The van der Waals surface area contributed by atoms with E-state index in [1.807, 2.05) is 16.0 Å². The Hall–Kier alpha value is -11.9. The molecule has 43 heteroatoms. The molecule has 0 spiro atoms. The van der Waals surface area contributed by atoms with Gasteiger partial charge in [-0.3, -0.25) is 86.3 Å². The number of primary amides is 2. The largest absolute Gasteiger partial charge is 0.481 e. The number of benzene rings is 1. The number of methoxy groups -OCH3 is 1. The standard InChI is InChI=1S/C71H106N16O27/c1-11-32(3)19-15-13-14-16-22-46(89)78-42(26-38-29-74-40-21-18-17-20-39(38)40)64(104)80-41(23-24-49(92)93)62(102)85-55(57(98)59(73)99)68(108)84-54-37(8)114-71(112)53(33(4)12-2)83-67(107)52(34(5)25-50(94)95)82-65(105)43(27-45(72)88)79-47(90)30-75-66(106)56(58(113-10)70(110)111)86-61(101)36(7)77-63(103)44(28-51(96)97)81-60(100)35(6)76-48(91)31-87(9)69(54)109/h17-18,20-21,29,32-37,41-44,52-58,74,98H,11-16,19,22-28,30-31H2,1-10H3,(H2,72,88)(H2,73,99)(H,75,106)(H,76,91)(H,77,103)(H,78,89)(H,79,90)(H,80,104)(H,81,100)(H,82,105)(H,83,107)(H,84,108)(H,85,102)(H,86,101)(H,92,93)(H,94,95)(H,96,97)(H,110,111). The molecule has 0 saturated carbocycles. The normalized spacial score (nSPS) is 22.6. The molecule has 15 amide bonds.